The number of hydrogen-bond acceptors (Lipinski definition) is 3. The number of nitrogens with zero attached hydrogens (tertiary/aromatic N) is 1. The molecular formula is C18H17FN2O2S. The van der Waals surface area contributed by atoms with Crippen molar-refractivity contribution in [2.24, 2.45) is 0 Å². The molecular weight excluding hydrogens is 327 g/mol. The number of halogens is 1. The van der Waals surface area contributed by atoms with Crippen LogP contribution in [0.2, 0.25) is 0 Å². The fourth-order valence-electron chi connectivity index (χ4n) is 2.71. The lowest BCUT2D eigenvalue weighted by Gasteiger charge is -2.27. The number of carbonyl (C=O) groups is 2. The Morgan fingerprint density at radius 3 is 2.71 bits per heavy atom. The molecule has 1 atom stereocenters. The van der Waals surface area contributed by atoms with Gasteiger partial charge >= 0.3 is 0 Å². The lowest BCUT2D eigenvalue weighted by Crippen LogP contribution is -2.40. The molecule has 3 rings (SSSR count). The number of carbonyl (C=O) groups excluding carboxylic acids is 2. The van der Waals surface area contributed by atoms with Crippen LogP contribution in [-0.2, 0) is 9.59 Å². The quantitative estimate of drug-likeness (QED) is 0.864. The molecule has 6 heteroatoms. The molecule has 0 saturated heterocycles. The average Bonchev–Trinajstić information content (AvgIpc) is 2.68. The van der Waals surface area contributed by atoms with Crippen molar-refractivity contribution in [3.63, 3.8) is 0 Å². The van der Waals surface area contributed by atoms with Crippen LogP contribution in [0.4, 0.5) is 15.8 Å². The highest BCUT2D eigenvalue weighted by atomic mass is 32.2. The molecule has 2 aromatic rings. The van der Waals surface area contributed by atoms with Gasteiger partial charge in [-0.25, -0.2) is 4.39 Å². The minimum absolute atomic E-state index is 0.0826. The molecule has 0 aromatic heterocycles. The van der Waals surface area contributed by atoms with Crippen molar-refractivity contribution in [2.75, 3.05) is 16.0 Å². The van der Waals surface area contributed by atoms with E-state index in [4.69, 9.17) is 0 Å². The van der Waals surface area contributed by atoms with Gasteiger partial charge in [-0.1, -0.05) is 12.1 Å². The smallest absolute Gasteiger partial charge is 0.237 e. The standard InChI is InChI=1S/C18H17FN2O2S/c1-12-10-17(22)20-15-4-2-3-5-16(15)21(12)18(23)11-24-14-8-6-13(19)7-9-14/h2-9,12H,10-11H2,1H3,(H,20,22)/t12-/m0/s1. The molecule has 0 saturated carbocycles. The van der Waals surface area contributed by atoms with Crippen LogP contribution in [-0.4, -0.2) is 23.6 Å². The number of amides is 2. The molecule has 1 aliphatic heterocycles. The number of anilines is 2. The van der Waals surface area contributed by atoms with Crippen LogP contribution >= 0.6 is 11.8 Å². The van der Waals surface area contributed by atoms with Gasteiger partial charge in [0.25, 0.3) is 0 Å². The van der Waals surface area contributed by atoms with Crippen molar-refractivity contribution in [1.82, 2.24) is 0 Å². The van der Waals surface area contributed by atoms with Gasteiger partial charge in [-0.05, 0) is 43.3 Å². The van der Waals surface area contributed by atoms with Crippen molar-refractivity contribution in [3.05, 3.63) is 54.3 Å². The van der Waals surface area contributed by atoms with E-state index in [-0.39, 0.29) is 35.8 Å². The van der Waals surface area contributed by atoms with Gasteiger partial charge in [0.2, 0.25) is 11.8 Å². The van der Waals surface area contributed by atoms with Gasteiger partial charge in [0.05, 0.1) is 17.1 Å². The molecule has 1 heterocycles. The Morgan fingerprint density at radius 1 is 1.25 bits per heavy atom. The predicted octanol–water partition coefficient (Wildman–Crippen LogP) is 3.68. The van der Waals surface area contributed by atoms with Crippen molar-refractivity contribution < 1.29 is 14.0 Å². The summed E-state index contributed by atoms with van der Waals surface area (Å²) in [5.41, 5.74) is 1.35. The summed E-state index contributed by atoms with van der Waals surface area (Å²) in [5.74, 6) is -0.263. The number of para-hydroxylation sites is 2. The molecule has 0 unspecified atom stereocenters. The Kier molecular flexibility index (Phi) is 4.85. The number of fused-ring (bicyclic) bond motifs is 1. The summed E-state index contributed by atoms with van der Waals surface area (Å²) >= 11 is 1.35. The highest BCUT2D eigenvalue weighted by Gasteiger charge is 2.29. The normalized spacial score (nSPS) is 17.0. The van der Waals surface area contributed by atoms with E-state index < -0.39 is 0 Å². The van der Waals surface area contributed by atoms with Gasteiger partial charge in [-0.2, -0.15) is 0 Å². The third-order valence-electron chi connectivity index (χ3n) is 3.80. The van der Waals surface area contributed by atoms with E-state index in [0.717, 1.165) is 4.90 Å². The van der Waals surface area contributed by atoms with E-state index in [1.807, 2.05) is 25.1 Å². The predicted molar refractivity (Wildman–Crippen MR) is 93.8 cm³/mol. The monoisotopic (exact) mass is 344 g/mol. The molecule has 0 radical (unpaired) electrons. The number of benzene rings is 2. The van der Waals surface area contributed by atoms with E-state index in [1.54, 1.807) is 23.1 Å². The third-order valence-corrected chi connectivity index (χ3v) is 4.80. The maximum Gasteiger partial charge on any atom is 0.237 e. The Hall–Kier alpha value is -2.34. The molecule has 0 spiro atoms. The summed E-state index contributed by atoms with van der Waals surface area (Å²) in [5, 5.41) is 2.84. The highest BCUT2D eigenvalue weighted by molar-refractivity contribution is 8.00. The number of thioether (sulfide) groups is 1. The van der Waals surface area contributed by atoms with Crippen molar-refractivity contribution in [3.8, 4) is 0 Å². The van der Waals surface area contributed by atoms with Crippen LogP contribution in [0.15, 0.2) is 53.4 Å². The number of hydrogen-bond donors (Lipinski definition) is 1. The Bertz CT molecular complexity index is 764. The zero-order valence-electron chi connectivity index (χ0n) is 13.2. The zero-order valence-corrected chi connectivity index (χ0v) is 14.0. The van der Waals surface area contributed by atoms with E-state index in [2.05, 4.69) is 5.32 Å². The molecule has 1 aliphatic rings. The molecule has 0 bridgehead atoms. The van der Waals surface area contributed by atoms with Crippen LogP contribution in [0, 0.1) is 5.82 Å². The molecule has 124 valence electrons. The van der Waals surface area contributed by atoms with E-state index in [9.17, 15) is 14.0 Å². The van der Waals surface area contributed by atoms with Crippen LogP contribution in [0.3, 0.4) is 0 Å². The first kappa shape index (κ1) is 16.5. The van der Waals surface area contributed by atoms with E-state index in [1.165, 1.54) is 23.9 Å². The molecule has 4 nitrogen and oxygen atoms in total. The van der Waals surface area contributed by atoms with E-state index >= 15 is 0 Å². The van der Waals surface area contributed by atoms with Crippen LogP contribution in [0.1, 0.15) is 13.3 Å². The summed E-state index contributed by atoms with van der Waals surface area (Å²) in [6.45, 7) is 1.86. The van der Waals surface area contributed by atoms with Crippen LogP contribution in [0.25, 0.3) is 0 Å². The maximum atomic E-state index is 13.0. The molecule has 24 heavy (non-hydrogen) atoms. The Balaban J connectivity index is 1.79. The van der Waals surface area contributed by atoms with Crippen molar-refractivity contribution in [1.29, 1.82) is 0 Å². The van der Waals surface area contributed by atoms with Gasteiger partial charge in [-0.15, -0.1) is 11.8 Å². The second-order valence-corrected chi connectivity index (χ2v) is 6.67. The summed E-state index contributed by atoms with van der Waals surface area (Å²) < 4.78 is 13.0. The largest absolute Gasteiger partial charge is 0.324 e. The summed E-state index contributed by atoms with van der Waals surface area (Å²) in [6, 6.07) is 13.1. The number of rotatable bonds is 3. The first-order valence-electron chi connectivity index (χ1n) is 7.64. The molecule has 0 aliphatic carbocycles. The van der Waals surface area contributed by atoms with Gasteiger partial charge in [-0.3, -0.25) is 9.59 Å². The van der Waals surface area contributed by atoms with Gasteiger partial charge in [0.1, 0.15) is 5.82 Å². The second-order valence-electron chi connectivity index (χ2n) is 5.62. The zero-order chi connectivity index (χ0) is 17.1. The minimum Gasteiger partial charge on any atom is -0.324 e. The SMILES string of the molecule is C[C@H]1CC(=O)Nc2ccccc2N1C(=O)CSc1ccc(F)cc1. The summed E-state index contributed by atoms with van der Waals surface area (Å²) in [7, 11) is 0. The Labute approximate surface area is 144 Å². The molecule has 1 N–H and O–H groups in total. The van der Waals surface area contributed by atoms with Crippen LogP contribution in [0.5, 0.6) is 0 Å². The third kappa shape index (κ3) is 3.59. The Morgan fingerprint density at radius 2 is 1.96 bits per heavy atom. The molecule has 2 aromatic carbocycles. The lowest BCUT2D eigenvalue weighted by atomic mass is 10.2. The second kappa shape index (κ2) is 7.05. The number of nitrogens with one attached hydrogen (secondary N) is 1. The summed E-state index contributed by atoms with van der Waals surface area (Å²) in [6.07, 6.45) is 0.252. The molecule has 0 fully saturated rings. The lowest BCUT2D eigenvalue weighted by molar-refractivity contribution is -0.117. The fourth-order valence-corrected chi connectivity index (χ4v) is 3.47. The first-order valence-corrected chi connectivity index (χ1v) is 8.62. The van der Waals surface area contributed by atoms with Crippen LogP contribution < -0.4 is 10.2 Å². The van der Waals surface area contributed by atoms with E-state index in [0.29, 0.717) is 11.4 Å². The fraction of sp³-hybridized carbons (Fsp3) is 0.222. The average molecular weight is 344 g/mol. The summed E-state index contributed by atoms with van der Waals surface area (Å²) in [4.78, 5) is 27.2. The van der Waals surface area contributed by atoms with Gasteiger partial charge in [0, 0.05) is 17.4 Å². The highest BCUT2D eigenvalue weighted by Crippen LogP contribution is 2.32. The van der Waals surface area contributed by atoms with Crippen molar-refractivity contribution >= 4 is 35.0 Å². The van der Waals surface area contributed by atoms with Gasteiger partial charge in [0.15, 0.2) is 0 Å². The minimum atomic E-state index is -0.301. The molecule has 2 amide bonds. The van der Waals surface area contributed by atoms with Crippen molar-refractivity contribution in [2.45, 2.75) is 24.3 Å². The topological polar surface area (TPSA) is 49.4 Å². The maximum absolute atomic E-state index is 13.0. The van der Waals surface area contributed by atoms with Gasteiger partial charge < -0.3 is 10.2 Å². The first-order chi connectivity index (χ1) is 11.5.